The van der Waals surface area contributed by atoms with E-state index < -0.39 is 24.6 Å². The maximum Gasteiger partial charge on any atom is 0.416 e. The standard InChI is InChI=1S/C15H21F3NO4P/c1-5-22-24(21,23-6-2)14(3,4)19(20)11-12-7-9-13(10-8-12)15(16,17)18/h7-11H,5-6H2,1-4H3/b19-11-. The molecule has 0 atom stereocenters. The van der Waals surface area contributed by atoms with Crippen molar-refractivity contribution in [2.75, 3.05) is 13.2 Å². The molecular formula is C15H21F3NO4P. The molecule has 0 unspecified atom stereocenters. The normalized spacial score (nSPS) is 14.0. The highest BCUT2D eigenvalue weighted by atomic mass is 31.2. The van der Waals surface area contributed by atoms with Crippen molar-refractivity contribution in [2.24, 2.45) is 0 Å². The van der Waals surface area contributed by atoms with Crippen molar-refractivity contribution < 1.29 is 31.5 Å². The molecule has 0 amide bonds. The number of hydroxylamine groups is 1. The SMILES string of the molecule is CCOP(=O)(OCC)C(C)(C)/[N+]([O-])=C/c1ccc(C(F)(F)F)cc1. The van der Waals surface area contributed by atoms with Crippen LogP contribution in [0.1, 0.15) is 38.8 Å². The van der Waals surface area contributed by atoms with E-state index in [1.165, 1.54) is 13.8 Å². The summed E-state index contributed by atoms with van der Waals surface area (Å²) in [4.78, 5) is 0. The molecule has 0 heterocycles. The van der Waals surface area contributed by atoms with Gasteiger partial charge in [-0.2, -0.15) is 17.9 Å². The molecule has 0 aliphatic carbocycles. The number of nitrogens with zero attached hydrogens (tertiary/aromatic N) is 1. The lowest BCUT2D eigenvalue weighted by atomic mass is 10.1. The number of benzene rings is 1. The van der Waals surface area contributed by atoms with E-state index in [1.807, 2.05) is 0 Å². The highest BCUT2D eigenvalue weighted by Gasteiger charge is 2.51. The summed E-state index contributed by atoms with van der Waals surface area (Å²) in [5.41, 5.74) is -0.573. The van der Waals surface area contributed by atoms with E-state index in [4.69, 9.17) is 9.05 Å². The van der Waals surface area contributed by atoms with Gasteiger partial charge in [0, 0.05) is 19.4 Å². The summed E-state index contributed by atoms with van der Waals surface area (Å²) < 4.78 is 61.2. The van der Waals surface area contributed by atoms with Crippen LogP contribution in [0.15, 0.2) is 24.3 Å². The predicted molar refractivity (Wildman–Crippen MR) is 85.2 cm³/mol. The second-order valence-corrected chi connectivity index (χ2v) is 8.01. The Balaban J connectivity index is 3.15. The Labute approximate surface area is 139 Å². The Kier molecular flexibility index (Phi) is 6.61. The number of hydrogen-bond acceptors (Lipinski definition) is 4. The summed E-state index contributed by atoms with van der Waals surface area (Å²) in [6.07, 6.45) is -3.39. The number of rotatable bonds is 7. The van der Waals surface area contributed by atoms with Crippen molar-refractivity contribution in [1.82, 2.24) is 0 Å². The summed E-state index contributed by atoms with van der Waals surface area (Å²) in [6, 6.07) is 4.07. The van der Waals surface area contributed by atoms with Gasteiger partial charge in [-0.05, 0) is 38.1 Å². The Morgan fingerprint density at radius 3 is 1.96 bits per heavy atom. The van der Waals surface area contributed by atoms with Crippen molar-refractivity contribution in [3.63, 3.8) is 0 Å². The van der Waals surface area contributed by atoms with Crippen LogP contribution in [0.25, 0.3) is 0 Å². The van der Waals surface area contributed by atoms with Crippen LogP contribution in [0.3, 0.4) is 0 Å². The maximum atomic E-state index is 12.8. The highest BCUT2D eigenvalue weighted by Crippen LogP contribution is 2.59. The second kappa shape index (κ2) is 7.68. The molecule has 1 aromatic rings. The molecule has 1 rings (SSSR count). The molecule has 24 heavy (non-hydrogen) atoms. The zero-order chi connectivity index (χ0) is 18.6. The van der Waals surface area contributed by atoms with Crippen LogP contribution in [-0.2, 0) is 19.8 Å². The zero-order valence-electron chi connectivity index (χ0n) is 14.0. The van der Waals surface area contributed by atoms with Crippen LogP contribution >= 0.6 is 7.60 Å². The van der Waals surface area contributed by atoms with Gasteiger partial charge in [-0.3, -0.25) is 4.57 Å². The van der Waals surface area contributed by atoms with Gasteiger partial charge in [0.2, 0.25) is 0 Å². The van der Waals surface area contributed by atoms with E-state index in [-0.39, 0.29) is 18.8 Å². The van der Waals surface area contributed by atoms with Crippen molar-refractivity contribution >= 4 is 13.8 Å². The second-order valence-electron chi connectivity index (χ2n) is 5.40. The Morgan fingerprint density at radius 1 is 1.12 bits per heavy atom. The third kappa shape index (κ3) is 4.59. The molecule has 0 spiro atoms. The molecule has 0 aromatic heterocycles. The third-order valence-corrected chi connectivity index (χ3v) is 6.05. The van der Waals surface area contributed by atoms with Gasteiger partial charge >= 0.3 is 13.8 Å². The molecule has 136 valence electrons. The molecule has 0 radical (unpaired) electrons. The molecule has 5 nitrogen and oxygen atoms in total. The average Bonchev–Trinajstić information content (AvgIpc) is 2.47. The molecule has 0 saturated heterocycles. The molecule has 0 aliphatic heterocycles. The topological polar surface area (TPSA) is 61.6 Å². The van der Waals surface area contributed by atoms with Gasteiger partial charge in [0.05, 0.1) is 18.8 Å². The van der Waals surface area contributed by atoms with Crippen LogP contribution in [-0.4, -0.2) is 29.4 Å². The minimum atomic E-state index is -4.45. The van der Waals surface area contributed by atoms with Gasteiger partial charge in [0.15, 0.2) is 6.21 Å². The van der Waals surface area contributed by atoms with Crippen molar-refractivity contribution in [3.8, 4) is 0 Å². The van der Waals surface area contributed by atoms with E-state index in [0.717, 1.165) is 30.5 Å². The summed E-state index contributed by atoms with van der Waals surface area (Å²) in [5, 5.41) is 10.9. The minimum Gasteiger partial charge on any atom is -0.623 e. The molecule has 0 bridgehead atoms. The summed E-state index contributed by atoms with van der Waals surface area (Å²) in [6.45, 7) is 6.22. The lowest BCUT2D eigenvalue weighted by Gasteiger charge is -2.30. The monoisotopic (exact) mass is 367 g/mol. The van der Waals surface area contributed by atoms with Crippen molar-refractivity contribution in [1.29, 1.82) is 0 Å². The molecule has 0 saturated carbocycles. The molecule has 9 heteroatoms. The average molecular weight is 367 g/mol. The summed E-state index contributed by atoms with van der Waals surface area (Å²) >= 11 is 0. The first-order valence-corrected chi connectivity index (χ1v) is 8.90. The first-order valence-electron chi connectivity index (χ1n) is 7.35. The first-order chi connectivity index (χ1) is 11.0. The van der Waals surface area contributed by atoms with Crippen LogP contribution < -0.4 is 0 Å². The van der Waals surface area contributed by atoms with E-state index in [0.29, 0.717) is 4.74 Å². The van der Waals surface area contributed by atoms with Gasteiger partial charge in [-0.25, -0.2) is 0 Å². The van der Waals surface area contributed by atoms with E-state index in [2.05, 4.69) is 0 Å². The van der Waals surface area contributed by atoms with Crippen LogP contribution in [0.5, 0.6) is 0 Å². The third-order valence-electron chi connectivity index (χ3n) is 3.31. The first kappa shape index (κ1) is 20.7. The molecular weight excluding hydrogens is 346 g/mol. The number of halogens is 3. The van der Waals surface area contributed by atoms with Gasteiger partial charge in [0.25, 0.3) is 5.28 Å². The Hall–Kier alpha value is -1.37. The molecule has 1 aromatic carbocycles. The van der Waals surface area contributed by atoms with Crippen molar-refractivity contribution in [2.45, 2.75) is 39.2 Å². The quantitative estimate of drug-likeness (QED) is 0.232. The smallest absolute Gasteiger partial charge is 0.416 e. The highest BCUT2D eigenvalue weighted by molar-refractivity contribution is 7.55. The largest absolute Gasteiger partial charge is 0.623 e. The number of hydrogen-bond donors (Lipinski definition) is 0. The van der Waals surface area contributed by atoms with Crippen LogP contribution in [0, 0.1) is 5.21 Å². The van der Waals surface area contributed by atoms with E-state index >= 15 is 0 Å². The maximum absolute atomic E-state index is 12.8. The van der Waals surface area contributed by atoms with Gasteiger partial charge in [0.1, 0.15) is 0 Å². The Bertz CT molecular complexity index is 617. The van der Waals surface area contributed by atoms with Crippen LogP contribution in [0.2, 0.25) is 0 Å². The fraction of sp³-hybridized carbons (Fsp3) is 0.533. The fourth-order valence-corrected chi connectivity index (χ4v) is 3.55. The Morgan fingerprint density at radius 2 is 1.58 bits per heavy atom. The lowest BCUT2D eigenvalue weighted by molar-refractivity contribution is -0.510. The van der Waals surface area contributed by atoms with Gasteiger partial charge in [-0.15, -0.1) is 0 Å². The van der Waals surface area contributed by atoms with Gasteiger partial charge < -0.3 is 14.3 Å². The van der Waals surface area contributed by atoms with Crippen LogP contribution in [0.4, 0.5) is 13.2 Å². The molecule has 0 fully saturated rings. The zero-order valence-corrected chi connectivity index (χ0v) is 14.9. The minimum absolute atomic E-state index is 0.0921. The van der Waals surface area contributed by atoms with E-state index in [9.17, 15) is 22.9 Å². The predicted octanol–water partition coefficient (Wildman–Crippen LogP) is 4.64. The molecule has 0 N–H and O–H groups in total. The fourth-order valence-electron chi connectivity index (χ4n) is 1.87. The lowest BCUT2D eigenvalue weighted by Crippen LogP contribution is -2.35. The summed E-state index contributed by atoms with van der Waals surface area (Å²) in [5.74, 6) is 0. The number of alkyl halides is 3. The van der Waals surface area contributed by atoms with Crippen molar-refractivity contribution in [3.05, 3.63) is 40.6 Å². The molecule has 0 aliphatic rings. The van der Waals surface area contributed by atoms with E-state index in [1.54, 1.807) is 13.8 Å². The summed E-state index contributed by atoms with van der Waals surface area (Å²) in [7, 11) is -3.75. The van der Waals surface area contributed by atoms with Gasteiger partial charge in [-0.1, -0.05) is 0 Å².